The summed E-state index contributed by atoms with van der Waals surface area (Å²) < 4.78 is 3.64. The van der Waals surface area contributed by atoms with Gasteiger partial charge >= 0.3 is 0 Å². The van der Waals surface area contributed by atoms with Gasteiger partial charge in [-0.2, -0.15) is 0 Å². The van der Waals surface area contributed by atoms with Gasteiger partial charge in [0.1, 0.15) is 11.2 Å². The van der Waals surface area contributed by atoms with Crippen LogP contribution in [0.25, 0.3) is 21.7 Å². The van der Waals surface area contributed by atoms with Crippen LogP contribution in [0.1, 0.15) is 36.1 Å². The van der Waals surface area contributed by atoms with E-state index in [2.05, 4.69) is 17.1 Å². The maximum Gasteiger partial charge on any atom is 0.268 e. The van der Waals surface area contributed by atoms with Crippen LogP contribution in [-0.4, -0.2) is 19.2 Å². The zero-order valence-electron chi connectivity index (χ0n) is 13.3. The van der Waals surface area contributed by atoms with E-state index in [0.29, 0.717) is 11.7 Å². The summed E-state index contributed by atoms with van der Waals surface area (Å²) in [7, 11) is 0. The fraction of sp³-hybridized carbons (Fsp3) is 0.278. The number of para-hydroxylation sites is 1. The highest BCUT2D eigenvalue weighted by Gasteiger charge is 2.27. The third kappa shape index (κ3) is 1.77. The fourth-order valence-electron chi connectivity index (χ4n) is 3.81. The van der Waals surface area contributed by atoms with E-state index in [0.717, 1.165) is 28.7 Å². The molecule has 5 nitrogen and oxygen atoms in total. The lowest BCUT2D eigenvalue weighted by atomic mass is 9.88. The van der Waals surface area contributed by atoms with Crippen molar-refractivity contribution in [3.05, 3.63) is 57.5 Å². The third-order valence-corrected chi connectivity index (χ3v) is 6.18. The summed E-state index contributed by atoms with van der Waals surface area (Å²) in [5.41, 5.74) is 2.08. The topological polar surface area (TPSA) is 52.2 Å². The molecule has 3 aromatic heterocycles. The van der Waals surface area contributed by atoms with Crippen LogP contribution in [0.5, 0.6) is 0 Å². The van der Waals surface area contributed by atoms with Crippen molar-refractivity contribution in [2.24, 2.45) is 0 Å². The Balaban J connectivity index is 2.00. The molecule has 0 saturated heterocycles. The molecule has 1 atom stereocenters. The molecule has 0 saturated carbocycles. The normalized spacial score (nSPS) is 17.5. The van der Waals surface area contributed by atoms with Crippen molar-refractivity contribution < 1.29 is 0 Å². The van der Waals surface area contributed by atoms with Gasteiger partial charge in [-0.3, -0.25) is 9.20 Å². The van der Waals surface area contributed by atoms with Crippen molar-refractivity contribution in [1.29, 1.82) is 0 Å². The minimum absolute atomic E-state index is 0.0166. The lowest BCUT2D eigenvalue weighted by Gasteiger charge is -2.18. The van der Waals surface area contributed by atoms with E-state index in [1.54, 1.807) is 22.2 Å². The van der Waals surface area contributed by atoms with Crippen LogP contribution < -0.4 is 5.56 Å². The van der Waals surface area contributed by atoms with E-state index < -0.39 is 0 Å². The van der Waals surface area contributed by atoms with Crippen molar-refractivity contribution in [2.75, 3.05) is 0 Å². The minimum Gasteiger partial charge on any atom is -0.268 e. The van der Waals surface area contributed by atoms with Crippen molar-refractivity contribution in [2.45, 2.75) is 32.1 Å². The van der Waals surface area contributed by atoms with Crippen LogP contribution in [0, 0.1) is 0 Å². The number of hydrogen-bond acceptors (Lipinski definition) is 4. The van der Waals surface area contributed by atoms with Crippen LogP contribution in [0.2, 0.25) is 0 Å². The van der Waals surface area contributed by atoms with Gasteiger partial charge in [-0.15, -0.1) is 21.5 Å². The lowest BCUT2D eigenvalue weighted by molar-refractivity contribution is 0.601. The van der Waals surface area contributed by atoms with Gasteiger partial charge in [0.2, 0.25) is 5.78 Å². The van der Waals surface area contributed by atoms with E-state index in [4.69, 9.17) is 0 Å². The maximum atomic E-state index is 13.4. The molecule has 0 radical (unpaired) electrons. The molecule has 0 spiro atoms. The molecule has 3 heterocycles. The van der Waals surface area contributed by atoms with Gasteiger partial charge in [0.15, 0.2) is 0 Å². The van der Waals surface area contributed by atoms with E-state index in [9.17, 15) is 4.79 Å². The molecule has 0 aliphatic heterocycles. The summed E-state index contributed by atoms with van der Waals surface area (Å²) in [4.78, 5) is 15.7. The molecule has 120 valence electrons. The molecule has 1 aromatic carbocycles. The van der Waals surface area contributed by atoms with Crippen molar-refractivity contribution >= 4 is 27.3 Å². The second kappa shape index (κ2) is 5.01. The average molecular weight is 336 g/mol. The zero-order chi connectivity index (χ0) is 16.3. The maximum absolute atomic E-state index is 13.4. The quantitative estimate of drug-likeness (QED) is 0.534. The molecule has 0 unspecified atom stereocenters. The predicted octanol–water partition coefficient (Wildman–Crippen LogP) is 3.53. The van der Waals surface area contributed by atoms with Crippen molar-refractivity contribution in [3.8, 4) is 5.69 Å². The number of nitrogens with zero attached hydrogens (tertiary/aromatic N) is 4. The standard InChI is InChI=1S/C18H16N4OS/c1-11-6-5-9-13-14(11)15-16(23)22(12-7-3-2-4-8-12)18-20-19-10-21(18)17(15)24-13/h2-4,7-8,10-11H,5-6,9H2,1H3/t11-/m1/s1. The second-order valence-electron chi connectivity index (χ2n) is 6.39. The molecule has 0 bridgehead atoms. The van der Waals surface area contributed by atoms with Crippen molar-refractivity contribution in [1.82, 2.24) is 19.2 Å². The monoisotopic (exact) mass is 336 g/mol. The molecule has 1 aliphatic rings. The second-order valence-corrected chi connectivity index (χ2v) is 7.47. The van der Waals surface area contributed by atoms with Gasteiger partial charge in [0.05, 0.1) is 11.1 Å². The van der Waals surface area contributed by atoms with Crippen LogP contribution in [0.3, 0.4) is 0 Å². The molecule has 5 rings (SSSR count). The van der Waals surface area contributed by atoms with Gasteiger partial charge in [-0.1, -0.05) is 25.1 Å². The molecular formula is C18H16N4OS. The summed E-state index contributed by atoms with van der Waals surface area (Å²) in [6.07, 6.45) is 5.11. The Hall–Kier alpha value is -2.47. The van der Waals surface area contributed by atoms with Crippen LogP contribution in [0.4, 0.5) is 0 Å². The molecule has 6 heteroatoms. The molecule has 1 aliphatic carbocycles. The highest BCUT2D eigenvalue weighted by Crippen LogP contribution is 2.40. The van der Waals surface area contributed by atoms with Gasteiger partial charge in [-0.25, -0.2) is 4.57 Å². The molecule has 0 fully saturated rings. The fourth-order valence-corrected chi connectivity index (χ4v) is 5.23. The largest absolute Gasteiger partial charge is 0.268 e. The summed E-state index contributed by atoms with van der Waals surface area (Å²) in [5.74, 6) is 0.998. The first kappa shape index (κ1) is 13.9. The number of aromatic nitrogens is 4. The van der Waals surface area contributed by atoms with E-state index >= 15 is 0 Å². The Labute approximate surface area is 142 Å². The molecule has 4 aromatic rings. The van der Waals surface area contributed by atoms with Gasteiger partial charge in [0, 0.05) is 4.88 Å². The summed E-state index contributed by atoms with van der Waals surface area (Å²) in [5, 5.41) is 9.12. The third-order valence-electron chi connectivity index (χ3n) is 4.92. The first-order valence-corrected chi connectivity index (χ1v) is 9.03. The predicted molar refractivity (Wildman–Crippen MR) is 95.3 cm³/mol. The summed E-state index contributed by atoms with van der Waals surface area (Å²) >= 11 is 1.73. The lowest BCUT2D eigenvalue weighted by Crippen LogP contribution is -2.22. The summed E-state index contributed by atoms with van der Waals surface area (Å²) in [6.45, 7) is 2.23. The average Bonchev–Trinajstić information content (AvgIpc) is 3.21. The first-order chi connectivity index (χ1) is 11.8. The Morgan fingerprint density at radius 1 is 1.25 bits per heavy atom. The Morgan fingerprint density at radius 3 is 2.92 bits per heavy atom. The van der Waals surface area contributed by atoms with Gasteiger partial charge < -0.3 is 0 Å². The smallest absolute Gasteiger partial charge is 0.268 e. The number of benzene rings is 1. The highest BCUT2D eigenvalue weighted by molar-refractivity contribution is 7.18. The highest BCUT2D eigenvalue weighted by atomic mass is 32.1. The Bertz CT molecular complexity index is 1120. The van der Waals surface area contributed by atoms with Crippen LogP contribution >= 0.6 is 11.3 Å². The van der Waals surface area contributed by atoms with Crippen molar-refractivity contribution in [3.63, 3.8) is 0 Å². The van der Waals surface area contributed by atoms with Crippen LogP contribution in [-0.2, 0) is 6.42 Å². The molecule has 0 N–H and O–H groups in total. The molecule has 24 heavy (non-hydrogen) atoms. The van der Waals surface area contributed by atoms with Gasteiger partial charge in [0.25, 0.3) is 5.56 Å². The number of thiophene rings is 1. The zero-order valence-corrected chi connectivity index (χ0v) is 14.1. The Morgan fingerprint density at radius 2 is 2.08 bits per heavy atom. The number of hydrogen-bond donors (Lipinski definition) is 0. The van der Waals surface area contributed by atoms with E-state index in [1.165, 1.54) is 16.9 Å². The Kier molecular flexibility index (Phi) is 2.91. The first-order valence-electron chi connectivity index (χ1n) is 8.21. The minimum atomic E-state index is 0.0166. The van der Waals surface area contributed by atoms with Crippen LogP contribution in [0.15, 0.2) is 41.5 Å². The number of fused-ring (bicyclic) bond motifs is 5. The summed E-state index contributed by atoms with van der Waals surface area (Å²) in [6, 6.07) is 9.69. The SMILES string of the molecule is C[C@@H]1CCCc2sc3c(c21)c(=O)n(-c1ccccc1)c1nncn31. The van der Waals surface area contributed by atoms with E-state index in [-0.39, 0.29) is 5.56 Å². The molecular weight excluding hydrogens is 320 g/mol. The number of aryl methyl sites for hydroxylation is 1. The van der Waals surface area contributed by atoms with Gasteiger partial charge in [-0.05, 0) is 42.9 Å². The number of rotatable bonds is 1. The molecule has 0 amide bonds. The van der Waals surface area contributed by atoms with E-state index in [1.807, 2.05) is 34.7 Å².